The number of aliphatic hydroxyl groups excluding tert-OH is 2. The number of carbonyl (C=O) groups is 3. The fourth-order valence-corrected chi connectivity index (χ4v) is 14.2. The topological polar surface area (TPSA) is 194 Å². The molecule has 0 saturated carbocycles. The largest absolute Gasteiger partial charge is 1.00 e. The van der Waals surface area contributed by atoms with Gasteiger partial charge in [-0.25, -0.2) is 0 Å². The van der Waals surface area contributed by atoms with Crippen molar-refractivity contribution in [2.24, 2.45) is 0 Å². The molecule has 0 aliphatic carbocycles. The summed E-state index contributed by atoms with van der Waals surface area (Å²) in [5.41, 5.74) is 0. The van der Waals surface area contributed by atoms with Gasteiger partial charge in [-0.1, -0.05) is 303 Å². The van der Waals surface area contributed by atoms with E-state index in [1.807, 2.05) is 42.5 Å². The minimum absolute atomic E-state index is 0. The third-order valence-electron chi connectivity index (χ3n) is 21.3. The van der Waals surface area contributed by atoms with E-state index in [-0.39, 0.29) is 80.4 Å². The van der Waals surface area contributed by atoms with E-state index >= 15 is 0 Å². The average Bonchev–Trinajstić information content (AvgIpc) is 1.84. The molecule has 0 bridgehead atoms. The summed E-state index contributed by atoms with van der Waals surface area (Å²) in [5, 5.41) is 30.9. The number of nitrogens with one attached hydrogen (secondary N) is 4. The van der Waals surface area contributed by atoms with Crippen molar-refractivity contribution in [1.29, 1.82) is 0 Å². The lowest BCUT2D eigenvalue weighted by atomic mass is 10.0. The minimum Gasteiger partial charge on any atom is -1.00 e. The van der Waals surface area contributed by atoms with Crippen LogP contribution in [-0.2, 0) is 23.9 Å². The quantitative estimate of drug-likeness (QED) is 0.0210. The highest BCUT2D eigenvalue weighted by Gasteiger charge is 2.26. The lowest BCUT2D eigenvalue weighted by molar-refractivity contribution is -0.893. The molecule has 113 heavy (non-hydrogen) atoms. The summed E-state index contributed by atoms with van der Waals surface area (Å²) >= 11 is 0. The molecule has 2 aromatic rings. The second-order valence-electron chi connectivity index (χ2n) is 34.3. The Morgan fingerprint density at radius 1 is 0.389 bits per heavy atom. The van der Waals surface area contributed by atoms with Gasteiger partial charge in [-0.05, 0) is 43.5 Å². The van der Waals surface area contributed by atoms with Crippen molar-refractivity contribution in [3.8, 4) is 23.0 Å². The minimum atomic E-state index is -0.650. The number of rotatable bonds is 76. The Kier molecular flexibility index (Phi) is 77.6. The highest BCUT2D eigenvalue weighted by molar-refractivity contribution is 5.85. The second-order valence-corrected chi connectivity index (χ2v) is 34.3. The number of quaternary nitrogens is 3. The zero-order valence-electron chi connectivity index (χ0n) is 74.0. The predicted octanol–water partition coefficient (Wildman–Crippen LogP) is 13.4. The van der Waals surface area contributed by atoms with Crippen LogP contribution in [0.5, 0.6) is 23.0 Å². The lowest BCUT2D eigenvalue weighted by Crippen LogP contribution is -3.05. The maximum atomic E-state index is 12.4. The highest BCUT2D eigenvalue weighted by Crippen LogP contribution is 2.25. The number of likely N-dealkylation sites (N-methyl/N-ethyl adjacent to an activating group) is 2. The third kappa shape index (κ3) is 77.0. The molecule has 2 aromatic carbocycles. The van der Waals surface area contributed by atoms with E-state index in [2.05, 4.69) is 79.0 Å². The first-order chi connectivity index (χ1) is 53.4. The van der Waals surface area contributed by atoms with Crippen LogP contribution in [0.15, 0.2) is 48.5 Å². The molecule has 4 rings (SSSR count). The number of unbranched alkanes of at least 4 members (excludes halogenated alkanes) is 42. The standard InChI is InChI=1S/C58H110N4O6.C23H48N2O.C12H14O4.3ClH/c1-7-9-11-13-15-17-19-21-23-25-27-29-31-33-35-42-57(65)59-44-38-46-61(3,4)49-53(63)51-67-55-40-37-41-56(48-55)68-52-54(64)50-62(5,6)47-39-45-60-58(66)43-36-34-32-30-28-26-24-22-20-18-16-14-12-10-8-2;1-4-5-6-7-8-9-10-11-12-13-14-15-16-17-18-20-23(26)24-21-19-22-25(2)3;1-2-9(13-5-11-7-15-11)4-10(3-1)14-6-12-8-16-12;;;/h37,40-41,48,53-54,63-64H,7-36,38-39,42-47,49-52H2,1-6H3;4-22H2,1-3H3,(H,24,26);1-4,11-12H,5-8H2;3*1H/p+1. The SMILES string of the molecule is CCCCCCCCCCCCCCCCCC(=O)NCCC[N+](C)(C)CC(O)COc1cccc(OCC(O)C[N+](C)(C)CCCNC(=O)CCCCCCCCCCCCCCCCC)c1.CCCCCCCCCCCCCCCCCC(=O)NCCC[NH+](C)C.Cl.[Cl-].[Cl-].c1cc(OCC2CO2)cc(OCC2CO2)c1. The normalized spacial score (nSPS) is 14.0. The van der Waals surface area contributed by atoms with E-state index in [0.29, 0.717) is 79.1 Å². The van der Waals surface area contributed by atoms with E-state index in [1.54, 1.807) is 6.07 Å². The summed E-state index contributed by atoms with van der Waals surface area (Å²) < 4.78 is 34.4. The van der Waals surface area contributed by atoms with Crippen LogP contribution in [0, 0.1) is 0 Å². The maximum Gasteiger partial charge on any atom is 0.219 e. The highest BCUT2D eigenvalue weighted by atomic mass is 35.5. The van der Waals surface area contributed by atoms with Crippen LogP contribution in [0.2, 0.25) is 0 Å². The van der Waals surface area contributed by atoms with Gasteiger partial charge in [-0.15, -0.1) is 12.4 Å². The molecule has 4 unspecified atom stereocenters. The van der Waals surface area contributed by atoms with Crippen molar-refractivity contribution in [2.75, 3.05) is 134 Å². The number of amides is 3. The zero-order chi connectivity index (χ0) is 79.9. The number of benzene rings is 2. The van der Waals surface area contributed by atoms with Gasteiger partial charge in [-0.2, -0.15) is 0 Å². The van der Waals surface area contributed by atoms with Crippen molar-refractivity contribution in [1.82, 2.24) is 16.0 Å². The molecule has 6 N–H and O–H groups in total. The second kappa shape index (κ2) is 78.5. The van der Waals surface area contributed by atoms with E-state index in [1.165, 1.54) is 262 Å². The molecule has 2 fully saturated rings. The summed E-state index contributed by atoms with van der Waals surface area (Å²) in [6.07, 6.45) is 64.3. The molecule has 17 nitrogen and oxygen atoms in total. The number of halogens is 3. The molecule has 664 valence electrons. The average molecular weight is 1660 g/mol. The number of nitrogens with zero attached hydrogens (tertiary/aromatic N) is 2. The summed E-state index contributed by atoms with van der Waals surface area (Å²) in [6, 6.07) is 15.0. The molecule has 4 atom stereocenters. The van der Waals surface area contributed by atoms with Gasteiger partial charge >= 0.3 is 0 Å². The van der Waals surface area contributed by atoms with Gasteiger partial charge in [0, 0.05) is 70.3 Å². The van der Waals surface area contributed by atoms with Crippen molar-refractivity contribution in [3.05, 3.63) is 48.5 Å². The molecular weight excluding hydrogens is 1480 g/mol. The van der Waals surface area contributed by atoms with Gasteiger partial charge < -0.3 is 93.3 Å². The summed E-state index contributed by atoms with van der Waals surface area (Å²) in [7, 11) is 12.7. The van der Waals surface area contributed by atoms with Crippen LogP contribution in [0.1, 0.15) is 348 Å². The van der Waals surface area contributed by atoms with E-state index in [9.17, 15) is 24.6 Å². The predicted molar refractivity (Wildman–Crippen MR) is 466 cm³/mol. The van der Waals surface area contributed by atoms with Gasteiger partial charge in [0.1, 0.15) is 86.9 Å². The Labute approximate surface area is 712 Å². The molecular formula is C93H176Cl3N6O11+. The number of carbonyl (C=O) groups excluding carboxylic acids is 3. The molecule has 0 aromatic heterocycles. The molecule has 2 saturated heterocycles. The molecule has 2 aliphatic heterocycles. The van der Waals surface area contributed by atoms with Crippen LogP contribution in [-0.4, -0.2) is 196 Å². The Balaban J connectivity index is 0. The number of hydrogen-bond donors (Lipinski definition) is 6. The summed E-state index contributed by atoms with van der Waals surface area (Å²) in [6.45, 7) is 16.1. The molecule has 2 heterocycles. The lowest BCUT2D eigenvalue weighted by Gasteiger charge is -2.32. The molecule has 3 amide bonds. The Hall–Kier alpha value is -3.36. The van der Waals surface area contributed by atoms with Crippen LogP contribution < -0.4 is 64.6 Å². The van der Waals surface area contributed by atoms with E-state index in [4.69, 9.17) is 28.4 Å². The monoisotopic (exact) mass is 1660 g/mol. The zero-order valence-corrected chi connectivity index (χ0v) is 76.3. The van der Waals surface area contributed by atoms with Crippen molar-refractivity contribution >= 4 is 30.1 Å². The van der Waals surface area contributed by atoms with Gasteiger partial charge in [0.2, 0.25) is 17.7 Å². The third-order valence-corrected chi connectivity index (χ3v) is 21.3. The van der Waals surface area contributed by atoms with E-state index in [0.717, 1.165) is 102 Å². The van der Waals surface area contributed by atoms with Crippen LogP contribution in [0.25, 0.3) is 0 Å². The number of ether oxygens (including phenoxy) is 6. The Morgan fingerprint density at radius 2 is 0.619 bits per heavy atom. The van der Waals surface area contributed by atoms with Crippen LogP contribution in [0.4, 0.5) is 0 Å². The van der Waals surface area contributed by atoms with Crippen molar-refractivity contribution < 1.29 is 91.7 Å². The molecule has 20 heteroatoms. The van der Waals surface area contributed by atoms with Crippen LogP contribution in [0.3, 0.4) is 0 Å². The first kappa shape index (κ1) is 112. The first-order valence-corrected chi connectivity index (χ1v) is 46.0. The van der Waals surface area contributed by atoms with Crippen molar-refractivity contribution in [3.63, 3.8) is 0 Å². The smallest absolute Gasteiger partial charge is 0.219 e. The van der Waals surface area contributed by atoms with Gasteiger partial charge in [0.05, 0.1) is 75.1 Å². The Morgan fingerprint density at radius 3 is 0.858 bits per heavy atom. The maximum absolute atomic E-state index is 12.4. The van der Waals surface area contributed by atoms with E-state index < -0.39 is 12.2 Å². The number of aliphatic hydroxyl groups is 2. The molecule has 0 radical (unpaired) electrons. The van der Waals surface area contributed by atoms with Crippen molar-refractivity contribution in [2.45, 2.75) is 373 Å². The van der Waals surface area contributed by atoms with Gasteiger partial charge in [-0.3, -0.25) is 14.4 Å². The number of epoxide rings is 2. The summed E-state index contributed by atoms with van der Waals surface area (Å²) in [5.74, 6) is 3.40. The van der Waals surface area contributed by atoms with Crippen LogP contribution >= 0.6 is 12.4 Å². The molecule has 2 aliphatic rings. The Bertz CT molecular complexity index is 2300. The summed E-state index contributed by atoms with van der Waals surface area (Å²) in [4.78, 5) is 37.9. The molecule has 0 spiro atoms. The fourth-order valence-electron chi connectivity index (χ4n) is 14.2. The van der Waals surface area contributed by atoms with Gasteiger partial charge in [0.25, 0.3) is 0 Å². The van der Waals surface area contributed by atoms with Gasteiger partial charge in [0.15, 0.2) is 0 Å². The number of hydrogen-bond acceptors (Lipinski definition) is 11. The first-order valence-electron chi connectivity index (χ1n) is 46.0. The fraction of sp³-hybridized carbons (Fsp3) is 0.839.